The monoisotopic (exact) mass is 499 g/mol. The van der Waals surface area contributed by atoms with Crippen molar-refractivity contribution in [2.45, 2.75) is 32.0 Å². The Morgan fingerprint density at radius 2 is 1.86 bits per heavy atom. The van der Waals surface area contributed by atoms with Gasteiger partial charge in [-0.25, -0.2) is 0 Å². The maximum Gasteiger partial charge on any atom is 0.401 e. The summed E-state index contributed by atoms with van der Waals surface area (Å²) in [6.07, 6.45) is -2.50. The lowest BCUT2D eigenvalue weighted by Crippen LogP contribution is -2.49. The van der Waals surface area contributed by atoms with Crippen LogP contribution in [0.15, 0.2) is 30.3 Å². The van der Waals surface area contributed by atoms with Gasteiger partial charge in [-0.3, -0.25) is 10.00 Å². The van der Waals surface area contributed by atoms with E-state index in [1.165, 1.54) is 4.90 Å². The third-order valence-corrected chi connectivity index (χ3v) is 6.84. The Balaban J connectivity index is 1.45. The number of hydrogen-bond donors (Lipinski definition) is 1. The molecule has 0 amide bonds. The number of halogens is 3. The molecule has 0 spiro atoms. The Bertz CT molecular complexity index is 1270. The molecule has 0 saturated carbocycles. The average Bonchev–Trinajstić information content (AvgIpc) is 3.24. The van der Waals surface area contributed by atoms with Crippen molar-refractivity contribution < 1.29 is 22.6 Å². The number of aryl methyl sites for hydroxylation is 1. The Morgan fingerprint density at radius 3 is 2.56 bits per heavy atom. The fraction of sp³-hybridized carbons (Fsp3) is 0.462. The summed E-state index contributed by atoms with van der Waals surface area (Å²) in [7, 11) is 0. The third kappa shape index (κ3) is 5.27. The number of aromatic amines is 1. The number of benzene rings is 2. The molecule has 0 unspecified atom stereocenters. The first kappa shape index (κ1) is 24.4. The number of nitrogens with one attached hydrogen (secondary N) is 1. The van der Waals surface area contributed by atoms with Gasteiger partial charge in [0.25, 0.3) is 0 Å². The summed E-state index contributed by atoms with van der Waals surface area (Å²) in [5.41, 5.74) is 4.76. The van der Waals surface area contributed by atoms with E-state index in [0.717, 1.165) is 52.0 Å². The predicted molar refractivity (Wildman–Crippen MR) is 130 cm³/mol. The molecule has 2 aliphatic heterocycles. The lowest BCUT2D eigenvalue weighted by atomic mass is 9.99. The highest BCUT2D eigenvalue weighted by Crippen LogP contribution is 2.37. The van der Waals surface area contributed by atoms with Crippen molar-refractivity contribution in [3.05, 3.63) is 41.6 Å². The van der Waals surface area contributed by atoms with Crippen LogP contribution in [0, 0.1) is 18.3 Å². The van der Waals surface area contributed by atoms with Gasteiger partial charge in [0, 0.05) is 39.0 Å². The lowest BCUT2D eigenvalue weighted by Gasteiger charge is -2.36. The number of alkyl halides is 3. The van der Waals surface area contributed by atoms with E-state index in [1.807, 2.05) is 36.1 Å². The quantitative estimate of drug-likeness (QED) is 0.551. The Kier molecular flexibility index (Phi) is 6.77. The van der Waals surface area contributed by atoms with Crippen LogP contribution in [0.3, 0.4) is 0 Å². The number of hydrogen-bond acceptors (Lipinski definition) is 6. The van der Waals surface area contributed by atoms with Crippen LogP contribution >= 0.6 is 0 Å². The normalized spacial score (nSPS) is 17.9. The molecule has 0 atom stereocenters. The van der Waals surface area contributed by atoms with Crippen LogP contribution in [-0.4, -0.2) is 73.3 Å². The number of nitriles is 1. The molecule has 2 aromatic carbocycles. The van der Waals surface area contributed by atoms with Crippen LogP contribution in [0.1, 0.15) is 24.1 Å². The molecular formula is C26H28F3N5O2. The van der Waals surface area contributed by atoms with E-state index in [-0.39, 0.29) is 19.2 Å². The number of anilines is 1. The molecule has 2 fully saturated rings. The van der Waals surface area contributed by atoms with Gasteiger partial charge in [0.15, 0.2) is 0 Å². The highest BCUT2D eigenvalue weighted by Gasteiger charge is 2.32. The van der Waals surface area contributed by atoms with Crippen LogP contribution in [-0.2, 0) is 4.74 Å². The first-order valence-electron chi connectivity index (χ1n) is 12.1. The van der Waals surface area contributed by atoms with Gasteiger partial charge in [-0.2, -0.15) is 23.5 Å². The van der Waals surface area contributed by atoms with Crippen molar-refractivity contribution in [1.82, 2.24) is 15.1 Å². The molecule has 1 aromatic heterocycles. The van der Waals surface area contributed by atoms with Crippen LogP contribution in [0.4, 0.5) is 18.9 Å². The smallest absolute Gasteiger partial charge is 0.401 e. The van der Waals surface area contributed by atoms with Crippen LogP contribution < -0.4 is 9.64 Å². The molecule has 1 N–H and O–H groups in total. The summed E-state index contributed by atoms with van der Waals surface area (Å²) >= 11 is 0. The van der Waals surface area contributed by atoms with Crippen molar-refractivity contribution in [1.29, 1.82) is 5.26 Å². The van der Waals surface area contributed by atoms with Crippen molar-refractivity contribution in [2.24, 2.45) is 0 Å². The number of rotatable bonds is 5. The van der Waals surface area contributed by atoms with Gasteiger partial charge in [-0.1, -0.05) is 6.07 Å². The molecular weight excluding hydrogens is 471 g/mol. The molecule has 190 valence electrons. The minimum Gasteiger partial charge on any atom is -0.489 e. The second kappa shape index (κ2) is 9.99. The van der Waals surface area contributed by atoms with Crippen molar-refractivity contribution in [3.8, 4) is 22.9 Å². The van der Waals surface area contributed by atoms with Gasteiger partial charge < -0.3 is 14.4 Å². The second-order valence-corrected chi connectivity index (χ2v) is 9.36. The summed E-state index contributed by atoms with van der Waals surface area (Å²) in [6, 6.07) is 11.9. The molecule has 0 bridgehead atoms. The lowest BCUT2D eigenvalue weighted by molar-refractivity contribution is -0.146. The van der Waals surface area contributed by atoms with E-state index in [4.69, 9.17) is 9.47 Å². The number of aromatic nitrogens is 2. The van der Waals surface area contributed by atoms with Gasteiger partial charge >= 0.3 is 6.18 Å². The van der Waals surface area contributed by atoms with Crippen molar-refractivity contribution in [3.63, 3.8) is 0 Å². The van der Waals surface area contributed by atoms with Gasteiger partial charge in [0.2, 0.25) is 0 Å². The minimum absolute atomic E-state index is 0.0658. The van der Waals surface area contributed by atoms with Gasteiger partial charge in [-0.05, 0) is 42.3 Å². The summed E-state index contributed by atoms with van der Waals surface area (Å²) in [4.78, 5) is 3.40. The SMILES string of the molecule is Cc1n[nH]c2cc(-c3ccc(C#N)c(N4CCN(CC(F)(F)F)CC4)c3)cc(OC3CCOCC3)c12. The molecule has 36 heavy (non-hydrogen) atoms. The largest absolute Gasteiger partial charge is 0.489 e. The molecule has 7 nitrogen and oxygen atoms in total. The highest BCUT2D eigenvalue weighted by molar-refractivity contribution is 5.92. The zero-order valence-corrected chi connectivity index (χ0v) is 20.1. The first-order chi connectivity index (χ1) is 17.3. The first-order valence-corrected chi connectivity index (χ1v) is 12.1. The van der Waals surface area contributed by atoms with Crippen LogP contribution in [0.5, 0.6) is 5.75 Å². The average molecular weight is 500 g/mol. The summed E-state index contributed by atoms with van der Waals surface area (Å²) in [5, 5.41) is 18.1. The van der Waals surface area contributed by atoms with Crippen molar-refractivity contribution >= 4 is 16.6 Å². The molecule has 3 aromatic rings. The number of nitrogens with zero attached hydrogens (tertiary/aromatic N) is 4. The maximum absolute atomic E-state index is 12.8. The van der Waals surface area contributed by atoms with Crippen LogP contribution in [0.25, 0.3) is 22.0 Å². The number of piperazine rings is 1. The summed E-state index contributed by atoms with van der Waals surface area (Å²) in [5.74, 6) is 0.757. The minimum atomic E-state index is -4.21. The standard InChI is InChI=1S/C26H28F3N5O2/c1-17-25-22(32-31-17)12-20(14-24(25)36-21-4-10-35-11-5-21)18-2-3-19(15-30)23(13-18)34-8-6-33(7-9-34)16-26(27,28)29/h2-3,12-14,21H,4-11,16H2,1H3,(H,31,32). The van der Waals surface area contributed by atoms with E-state index in [1.54, 1.807) is 6.07 Å². The summed E-state index contributed by atoms with van der Waals surface area (Å²) in [6.45, 7) is 3.80. The van der Waals surface area contributed by atoms with Gasteiger partial charge in [-0.15, -0.1) is 0 Å². The molecule has 2 aliphatic rings. The second-order valence-electron chi connectivity index (χ2n) is 9.36. The number of H-pyrrole nitrogens is 1. The zero-order valence-electron chi connectivity index (χ0n) is 20.1. The maximum atomic E-state index is 12.8. The number of fused-ring (bicyclic) bond motifs is 1. The molecule has 10 heteroatoms. The fourth-order valence-corrected chi connectivity index (χ4v) is 4.98. The molecule has 2 saturated heterocycles. The van der Waals surface area contributed by atoms with E-state index in [0.29, 0.717) is 31.9 Å². The molecule has 0 aliphatic carbocycles. The Labute approximate surface area is 207 Å². The Hall–Kier alpha value is -3.29. The van der Waals surface area contributed by atoms with Gasteiger partial charge in [0.05, 0.1) is 47.6 Å². The van der Waals surface area contributed by atoms with E-state index in [9.17, 15) is 18.4 Å². The van der Waals surface area contributed by atoms with Gasteiger partial charge in [0.1, 0.15) is 17.9 Å². The predicted octanol–water partition coefficient (Wildman–Crippen LogP) is 4.65. The molecule has 3 heterocycles. The third-order valence-electron chi connectivity index (χ3n) is 6.84. The molecule has 5 rings (SSSR count). The molecule has 0 radical (unpaired) electrons. The van der Waals surface area contributed by atoms with E-state index >= 15 is 0 Å². The fourth-order valence-electron chi connectivity index (χ4n) is 4.98. The topological polar surface area (TPSA) is 77.4 Å². The van der Waals surface area contributed by atoms with Crippen LogP contribution in [0.2, 0.25) is 0 Å². The number of ether oxygens (including phenoxy) is 2. The van der Waals surface area contributed by atoms with Crippen molar-refractivity contribution in [2.75, 3.05) is 50.8 Å². The summed E-state index contributed by atoms with van der Waals surface area (Å²) < 4.78 is 50.2. The van der Waals surface area contributed by atoms with E-state index in [2.05, 4.69) is 16.3 Å². The Morgan fingerprint density at radius 1 is 1.11 bits per heavy atom. The highest BCUT2D eigenvalue weighted by atomic mass is 19.4. The van der Waals surface area contributed by atoms with E-state index < -0.39 is 12.7 Å². The zero-order chi connectivity index (χ0) is 25.3.